The maximum Gasteiger partial charge on any atom is 0.416 e. The van der Waals surface area contributed by atoms with Gasteiger partial charge in [-0.15, -0.1) is 0 Å². The van der Waals surface area contributed by atoms with Crippen molar-refractivity contribution in [2.45, 2.75) is 51.9 Å². The molecule has 25 heavy (non-hydrogen) atoms. The molecule has 1 aromatic carbocycles. The molecule has 0 saturated carbocycles. The molecule has 0 N–H and O–H groups in total. The van der Waals surface area contributed by atoms with Crippen LogP contribution in [0.5, 0.6) is 0 Å². The number of ether oxygens (including phenoxy) is 1. The highest BCUT2D eigenvalue weighted by Gasteiger charge is 2.43. The van der Waals surface area contributed by atoms with E-state index < -0.39 is 20.3 Å². The minimum Gasteiger partial charge on any atom is -0.447 e. The van der Waals surface area contributed by atoms with Crippen molar-refractivity contribution in [3.8, 4) is 0 Å². The van der Waals surface area contributed by atoms with E-state index in [1.807, 2.05) is 37.3 Å². The number of imide groups is 1. The fraction of sp³-hybridized carbons (Fsp3) is 0.579. The zero-order chi connectivity index (χ0) is 18.8. The Hall–Kier alpha value is -1.66. The van der Waals surface area contributed by atoms with E-state index in [1.54, 1.807) is 0 Å². The molecular weight excluding hydrogens is 334 g/mol. The van der Waals surface area contributed by atoms with Crippen LogP contribution in [0.3, 0.4) is 0 Å². The molecule has 0 aromatic heterocycles. The molecular formula is C19H29NO4Si. The summed E-state index contributed by atoms with van der Waals surface area (Å²) in [6, 6.07) is 9.78. The lowest BCUT2D eigenvalue weighted by molar-refractivity contribution is -0.134. The van der Waals surface area contributed by atoms with E-state index >= 15 is 0 Å². The van der Waals surface area contributed by atoms with Crippen LogP contribution in [0.25, 0.3) is 0 Å². The molecule has 6 heteroatoms. The molecule has 0 radical (unpaired) electrons. The van der Waals surface area contributed by atoms with Crippen LogP contribution >= 0.6 is 0 Å². The summed E-state index contributed by atoms with van der Waals surface area (Å²) in [6.45, 7) is 13.3. The summed E-state index contributed by atoms with van der Waals surface area (Å²) in [4.78, 5) is 25.8. The minimum absolute atomic E-state index is 0.0232. The maximum atomic E-state index is 12.9. The second kappa shape index (κ2) is 7.29. The molecule has 0 aliphatic carbocycles. The monoisotopic (exact) mass is 363 g/mol. The molecule has 1 aromatic rings. The number of carbonyl (C=O) groups is 2. The van der Waals surface area contributed by atoms with Crippen molar-refractivity contribution in [3.05, 3.63) is 35.9 Å². The van der Waals surface area contributed by atoms with Gasteiger partial charge in [0.2, 0.25) is 5.91 Å². The number of amides is 2. The van der Waals surface area contributed by atoms with Crippen LogP contribution in [0.2, 0.25) is 18.1 Å². The number of carbonyl (C=O) groups excluding carboxylic acids is 2. The van der Waals surface area contributed by atoms with Crippen LogP contribution in [0, 0.1) is 5.92 Å². The molecule has 2 atom stereocenters. The van der Waals surface area contributed by atoms with E-state index in [4.69, 9.17) is 9.16 Å². The minimum atomic E-state index is -2.10. The molecule has 0 unspecified atom stereocenters. The fourth-order valence-corrected chi connectivity index (χ4v) is 3.89. The lowest BCUT2D eigenvalue weighted by Crippen LogP contribution is -2.45. The average Bonchev–Trinajstić information content (AvgIpc) is 2.97. The van der Waals surface area contributed by atoms with Gasteiger partial charge in [-0.3, -0.25) is 4.79 Å². The first-order valence-electron chi connectivity index (χ1n) is 8.75. The summed E-state index contributed by atoms with van der Waals surface area (Å²) < 4.78 is 11.5. The molecule has 1 heterocycles. The molecule has 0 spiro atoms. The molecule has 1 aliphatic rings. The largest absolute Gasteiger partial charge is 0.447 e. The highest BCUT2D eigenvalue weighted by atomic mass is 28.4. The second-order valence-electron chi connectivity index (χ2n) is 8.10. The molecule has 2 rings (SSSR count). The van der Waals surface area contributed by atoms with E-state index in [9.17, 15) is 9.59 Å². The van der Waals surface area contributed by atoms with Crippen LogP contribution in [-0.4, -0.2) is 38.4 Å². The molecule has 1 saturated heterocycles. The van der Waals surface area contributed by atoms with Gasteiger partial charge in [0.25, 0.3) is 0 Å². The second-order valence-corrected chi connectivity index (χ2v) is 12.9. The molecule has 5 nitrogen and oxygen atoms in total. The van der Waals surface area contributed by atoms with Gasteiger partial charge in [0.15, 0.2) is 8.32 Å². The number of hydrogen-bond acceptors (Lipinski definition) is 4. The molecule has 138 valence electrons. The van der Waals surface area contributed by atoms with Crippen molar-refractivity contribution in [3.63, 3.8) is 0 Å². The van der Waals surface area contributed by atoms with Gasteiger partial charge in [0, 0.05) is 0 Å². The van der Waals surface area contributed by atoms with Gasteiger partial charge in [-0.25, -0.2) is 9.69 Å². The van der Waals surface area contributed by atoms with Gasteiger partial charge in [0.05, 0.1) is 18.6 Å². The Bertz CT molecular complexity index is 624. The quantitative estimate of drug-likeness (QED) is 0.729. The van der Waals surface area contributed by atoms with Gasteiger partial charge in [-0.1, -0.05) is 58.0 Å². The third kappa shape index (κ3) is 4.30. The number of hydrogen-bond donors (Lipinski definition) is 0. The van der Waals surface area contributed by atoms with Crippen LogP contribution in [-0.2, 0) is 14.0 Å². The highest BCUT2D eigenvalue weighted by molar-refractivity contribution is 6.74. The van der Waals surface area contributed by atoms with E-state index in [2.05, 4.69) is 33.9 Å². The summed E-state index contributed by atoms with van der Waals surface area (Å²) in [5.74, 6) is -0.711. The predicted octanol–water partition coefficient (Wildman–Crippen LogP) is 4.36. The fourth-order valence-electron chi connectivity index (χ4n) is 2.56. The van der Waals surface area contributed by atoms with E-state index in [0.29, 0.717) is 6.54 Å². The van der Waals surface area contributed by atoms with Crippen molar-refractivity contribution in [1.82, 2.24) is 4.90 Å². The normalized spacial score (nSPS) is 18.0. The predicted molar refractivity (Wildman–Crippen MR) is 99.7 cm³/mol. The molecule has 1 fully saturated rings. The Labute approximate surface area is 151 Å². The Kier molecular flexibility index (Phi) is 5.74. The first-order valence-corrected chi connectivity index (χ1v) is 11.7. The average molecular weight is 364 g/mol. The summed E-state index contributed by atoms with van der Waals surface area (Å²) in [5, 5.41) is 0.0232. The van der Waals surface area contributed by atoms with Gasteiger partial charge < -0.3 is 9.16 Å². The first-order chi connectivity index (χ1) is 11.5. The van der Waals surface area contributed by atoms with Gasteiger partial charge in [0.1, 0.15) is 6.61 Å². The molecule has 0 bridgehead atoms. The lowest BCUT2D eigenvalue weighted by atomic mass is 9.96. The van der Waals surface area contributed by atoms with Crippen LogP contribution < -0.4 is 0 Å². The Morgan fingerprint density at radius 1 is 1.24 bits per heavy atom. The van der Waals surface area contributed by atoms with Gasteiger partial charge >= 0.3 is 6.09 Å². The summed E-state index contributed by atoms with van der Waals surface area (Å²) in [5.41, 5.74) is 0.959. The standard InChI is InChI=1S/C19H29NO4Si/c1-14(17(21)20-12-13-23-18(20)22)16(15-10-8-7-9-11-15)24-25(5,6)19(2,3)4/h7-11,14,16H,12-13H2,1-6H3/t14-,16+/m1/s1. The third-order valence-electron chi connectivity index (χ3n) is 5.23. The lowest BCUT2D eigenvalue weighted by Gasteiger charge is -2.41. The third-order valence-corrected chi connectivity index (χ3v) is 9.68. The van der Waals surface area contributed by atoms with Crippen molar-refractivity contribution >= 4 is 20.3 Å². The summed E-state index contributed by atoms with van der Waals surface area (Å²) in [6.07, 6.45) is -0.945. The number of cyclic esters (lactones) is 1. The van der Waals surface area contributed by atoms with Crippen molar-refractivity contribution in [2.75, 3.05) is 13.2 Å². The topological polar surface area (TPSA) is 55.8 Å². The van der Waals surface area contributed by atoms with Crippen LogP contribution in [0.1, 0.15) is 39.4 Å². The van der Waals surface area contributed by atoms with Crippen molar-refractivity contribution in [1.29, 1.82) is 0 Å². The Morgan fingerprint density at radius 3 is 2.32 bits per heavy atom. The highest BCUT2D eigenvalue weighted by Crippen LogP contribution is 2.42. The van der Waals surface area contributed by atoms with Crippen molar-refractivity contribution in [2.24, 2.45) is 5.92 Å². The Balaban J connectivity index is 2.31. The number of rotatable bonds is 5. The summed E-state index contributed by atoms with van der Waals surface area (Å²) >= 11 is 0. The van der Waals surface area contributed by atoms with Gasteiger partial charge in [-0.05, 0) is 23.7 Å². The maximum absolute atomic E-state index is 12.9. The van der Waals surface area contributed by atoms with Crippen LogP contribution in [0.4, 0.5) is 4.79 Å². The van der Waals surface area contributed by atoms with Gasteiger partial charge in [-0.2, -0.15) is 0 Å². The number of nitrogens with zero attached hydrogens (tertiary/aromatic N) is 1. The van der Waals surface area contributed by atoms with Crippen molar-refractivity contribution < 1.29 is 18.8 Å². The zero-order valence-corrected chi connectivity index (χ0v) is 17.0. The molecule has 1 aliphatic heterocycles. The zero-order valence-electron chi connectivity index (χ0n) is 16.0. The van der Waals surface area contributed by atoms with E-state index in [0.717, 1.165) is 5.56 Å². The van der Waals surface area contributed by atoms with E-state index in [-0.39, 0.29) is 23.7 Å². The first kappa shape index (κ1) is 19.7. The summed E-state index contributed by atoms with van der Waals surface area (Å²) in [7, 11) is -2.10. The number of benzene rings is 1. The van der Waals surface area contributed by atoms with Crippen LogP contribution in [0.15, 0.2) is 30.3 Å². The smallest absolute Gasteiger partial charge is 0.416 e. The molecule has 2 amide bonds. The van der Waals surface area contributed by atoms with E-state index in [1.165, 1.54) is 4.90 Å². The Morgan fingerprint density at radius 2 is 1.84 bits per heavy atom. The SMILES string of the molecule is C[C@@H](C(=O)N1CCOC1=O)[C@H](O[Si](C)(C)C(C)(C)C)c1ccccc1.